The van der Waals surface area contributed by atoms with Crippen LogP contribution in [0.3, 0.4) is 0 Å². The fourth-order valence-electron chi connectivity index (χ4n) is 4.42. The Labute approximate surface area is 204 Å². The third kappa shape index (κ3) is 10.2. The van der Waals surface area contributed by atoms with Gasteiger partial charge in [-0.2, -0.15) is 0 Å². The number of phenols is 1. The molecule has 0 unspecified atom stereocenters. The summed E-state index contributed by atoms with van der Waals surface area (Å²) in [5, 5.41) is 11.1. The lowest BCUT2D eigenvalue weighted by atomic mass is 9.92. The van der Waals surface area contributed by atoms with Gasteiger partial charge < -0.3 is 26.0 Å². The van der Waals surface area contributed by atoms with Crippen LogP contribution < -0.4 is 16.2 Å². The summed E-state index contributed by atoms with van der Waals surface area (Å²) in [6, 6.07) is 3.92. The van der Waals surface area contributed by atoms with E-state index in [1.54, 1.807) is 13.2 Å². The molecule has 1 aliphatic carbocycles. The summed E-state index contributed by atoms with van der Waals surface area (Å²) >= 11 is 0. The molecular weight excluding hydrogens is 430 g/mol. The number of aryl methyl sites for hydroxylation is 1. The maximum absolute atomic E-state index is 12.3. The number of ether oxygens (including phenoxy) is 2. The van der Waals surface area contributed by atoms with Crippen LogP contribution in [0.5, 0.6) is 11.5 Å². The van der Waals surface area contributed by atoms with Crippen LogP contribution in [0.4, 0.5) is 0 Å². The van der Waals surface area contributed by atoms with Crippen molar-refractivity contribution in [2.45, 2.75) is 83.7 Å². The molecule has 0 heterocycles. The van der Waals surface area contributed by atoms with Crippen LogP contribution in [-0.2, 0) is 22.4 Å². The van der Waals surface area contributed by atoms with Crippen molar-refractivity contribution >= 4 is 11.7 Å². The summed E-state index contributed by atoms with van der Waals surface area (Å²) < 4.78 is 11.7. The molecule has 5 N–H and O–H groups in total. The number of aliphatic imine (C=N–C) groups is 1. The summed E-state index contributed by atoms with van der Waals surface area (Å²) in [5.41, 5.74) is 12.7. The molecule has 34 heavy (non-hydrogen) atoms. The standard InChI is InChI=1S/C27H43N3O4/c1-3-4-5-10-23(31)14-13-20-16-22(17-21(19-33-2)9-8-15-30-27(28)29)26(32)25(18-20)34-24-11-6-7-12-24/h5,10,16,18,21,24,32H,3-4,6-9,11-15,17,19H2,1-2H3,(H4,28,29,30)/b10-5+/t21-/m0/s1. The average molecular weight is 474 g/mol. The van der Waals surface area contributed by atoms with Crippen molar-refractivity contribution in [3.63, 3.8) is 0 Å². The molecule has 0 bridgehead atoms. The largest absolute Gasteiger partial charge is 0.504 e. The second-order valence-electron chi connectivity index (χ2n) is 9.26. The summed E-state index contributed by atoms with van der Waals surface area (Å²) in [6.07, 6.45) is 13.4. The van der Waals surface area contributed by atoms with Gasteiger partial charge in [0.1, 0.15) is 0 Å². The molecule has 0 saturated heterocycles. The van der Waals surface area contributed by atoms with Gasteiger partial charge in [0.2, 0.25) is 0 Å². The van der Waals surface area contributed by atoms with Gasteiger partial charge in [-0.25, -0.2) is 0 Å². The number of benzene rings is 1. The number of hydrogen-bond acceptors (Lipinski definition) is 5. The second-order valence-corrected chi connectivity index (χ2v) is 9.26. The van der Waals surface area contributed by atoms with E-state index in [-0.39, 0.29) is 29.5 Å². The van der Waals surface area contributed by atoms with Gasteiger partial charge in [0.05, 0.1) is 6.10 Å². The lowest BCUT2D eigenvalue weighted by molar-refractivity contribution is -0.114. The topological polar surface area (TPSA) is 120 Å². The van der Waals surface area contributed by atoms with E-state index in [9.17, 15) is 9.90 Å². The number of carbonyl (C=O) groups is 1. The maximum atomic E-state index is 12.3. The molecule has 1 aliphatic rings. The van der Waals surface area contributed by atoms with Crippen LogP contribution in [-0.4, -0.2) is 43.2 Å². The molecule has 1 atom stereocenters. The third-order valence-electron chi connectivity index (χ3n) is 6.20. The summed E-state index contributed by atoms with van der Waals surface area (Å²) in [7, 11) is 1.69. The molecule has 0 aliphatic heterocycles. The predicted molar refractivity (Wildman–Crippen MR) is 137 cm³/mol. The van der Waals surface area contributed by atoms with Crippen LogP contribution >= 0.6 is 0 Å². The zero-order chi connectivity index (χ0) is 24.8. The second kappa shape index (κ2) is 15.4. The van der Waals surface area contributed by atoms with Gasteiger partial charge in [0.25, 0.3) is 0 Å². The number of methoxy groups -OCH3 is 1. The van der Waals surface area contributed by atoms with Crippen molar-refractivity contribution in [2.75, 3.05) is 20.3 Å². The van der Waals surface area contributed by atoms with Crippen molar-refractivity contribution < 1.29 is 19.4 Å². The molecule has 2 rings (SSSR count). The Morgan fingerprint density at radius 1 is 1.29 bits per heavy atom. The van der Waals surface area contributed by atoms with Crippen LogP contribution in [0.2, 0.25) is 0 Å². The van der Waals surface area contributed by atoms with Gasteiger partial charge in [-0.3, -0.25) is 9.79 Å². The highest BCUT2D eigenvalue weighted by atomic mass is 16.5. The number of guanidine groups is 1. The maximum Gasteiger partial charge on any atom is 0.185 e. The first-order valence-electron chi connectivity index (χ1n) is 12.7. The molecule has 1 fully saturated rings. The van der Waals surface area contributed by atoms with E-state index in [1.807, 2.05) is 18.2 Å². The summed E-state index contributed by atoms with van der Waals surface area (Å²) in [6.45, 7) is 3.24. The van der Waals surface area contributed by atoms with Gasteiger partial charge in [-0.05, 0) is 87.0 Å². The zero-order valence-corrected chi connectivity index (χ0v) is 20.9. The Kier molecular flexibility index (Phi) is 12.5. The predicted octanol–water partition coefficient (Wildman–Crippen LogP) is 4.43. The fourth-order valence-corrected chi connectivity index (χ4v) is 4.42. The molecule has 0 amide bonds. The normalized spacial score (nSPS) is 15.0. The first kappa shape index (κ1) is 27.7. The van der Waals surface area contributed by atoms with E-state index in [2.05, 4.69) is 11.9 Å². The highest BCUT2D eigenvalue weighted by Gasteiger charge is 2.21. The molecule has 1 aromatic carbocycles. The van der Waals surface area contributed by atoms with Crippen LogP contribution in [0.25, 0.3) is 0 Å². The minimum Gasteiger partial charge on any atom is -0.504 e. The number of nitrogens with two attached hydrogens (primary N) is 2. The third-order valence-corrected chi connectivity index (χ3v) is 6.20. The van der Waals surface area contributed by atoms with E-state index in [0.29, 0.717) is 38.2 Å². The SMILES string of the molecule is CCC/C=C/C(=O)CCc1cc(C[C@H](CCCN=C(N)N)COC)c(O)c(OC2CCCC2)c1. The van der Waals surface area contributed by atoms with E-state index in [0.717, 1.165) is 62.5 Å². The molecule has 0 radical (unpaired) electrons. The Morgan fingerprint density at radius 2 is 2.06 bits per heavy atom. The van der Waals surface area contributed by atoms with E-state index >= 15 is 0 Å². The monoisotopic (exact) mass is 473 g/mol. The Balaban J connectivity index is 2.16. The number of phenolic OH excluding ortho intramolecular Hbond substituents is 1. The zero-order valence-electron chi connectivity index (χ0n) is 20.9. The highest BCUT2D eigenvalue weighted by molar-refractivity contribution is 5.89. The first-order chi connectivity index (χ1) is 16.4. The van der Waals surface area contributed by atoms with Crippen molar-refractivity contribution in [2.24, 2.45) is 22.4 Å². The molecule has 1 aromatic rings. The van der Waals surface area contributed by atoms with Gasteiger partial charge in [-0.1, -0.05) is 25.5 Å². The highest BCUT2D eigenvalue weighted by Crippen LogP contribution is 2.37. The van der Waals surface area contributed by atoms with Crippen molar-refractivity contribution in [1.82, 2.24) is 0 Å². The fraction of sp³-hybridized carbons (Fsp3) is 0.630. The Morgan fingerprint density at radius 3 is 2.74 bits per heavy atom. The van der Waals surface area contributed by atoms with Crippen LogP contribution in [0, 0.1) is 5.92 Å². The molecule has 7 nitrogen and oxygen atoms in total. The van der Waals surface area contributed by atoms with Crippen LogP contribution in [0.1, 0.15) is 75.8 Å². The smallest absolute Gasteiger partial charge is 0.185 e. The number of ketones is 1. The number of aromatic hydroxyl groups is 1. The lowest BCUT2D eigenvalue weighted by Crippen LogP contribution is -2.23. The van der Waals surface area contributed by atoms with E-state index < -0.39 is 0 Å². The van der Waals surface area contributed by atoms with Crippen LogP contribution in [0.15, 0.2) is 29.3 Å². The van der Waals surface area contributed by atoms with E-state index in [4.69, 9.17) is 20.9 Å². The number of allylic oxidation sites excluding steroid dienone is 2. The number of nitrogens with zero attached hydrogens (tertiary/aromatic N) is 1. The molecule has 0 spiro atoms. The minimum atomic E-state index is 0.0985. The Hall–Kier alpha value is -2.54. The number of rotatable bonds is 16. The molecule has 190 valence electrons. The van der Waals surface area contributed by atoms with Crippen molar-refractivity contribution in [1.29, 1.82) is 0 Å². The van der Waals surface area contributed by atoms with E-state index in [1.165, 1.54) is 0 Å². The lowest BCUT2D eigenvalue weighted by Gasteiger charge is -2.21. The number of hydrogen-bond donors (Lipinski definition) is 3. The van der Waals surface area contributed by atoms with Crippen molar-refractivity contribution in [3.8, 4) is 11.5 Å². The molecule has 1 saturated carbocycles. The quantitative estimate of drug-likeness (QED) is 0.141. The molecule has 7 heteroatoms. The number of unbranched alkanes of at least 4 members (excludes halogenated alkanes) is 1. The van der Waals surface area contributed by atoms with Gasteiger partial charge in [0, 0.05) is 26.7 Å². The molecular formula is C27H43N3O4. The van der Waals surface area contributed by atoms with Crippen molar-refractivity contribution in [3.05, 3.63) is 35.4 Å². The van der Waals surface area contributed by atoms with Gasteiger partial charge in [-0.15, -0.1) is 0 Å². The Bertz CT molecular complexity index is 812. The first-order valence-corrected chi connectivity index (χ1v) is 12.7. The number of carbonyl (C=O) groups excluding carboxylic acids is 1. The average Bonchev–Trinajstić information content (AvgIpc) is 3.31. The molecule has 0 aromatic heterocycles. The minimum absolute atomic E-state index is 0.0985. The summed E-state index contributed by atoms with van der Waals surface area (Å²) in [4.78, 5) is 16.3. The van der Waals surface area contributed by atoms with Gasteiger partial charge in [0.15, 0.2) is 23.2 Å². The summed E-state index contributed by atoms with van der Waals surface area (Å²) in [5.74, 6) is 1.17. The van der Waals surface area contributed by atoms with Gasteiger partial charge >= 0.3 is 0 Å².